The second-order valence-electron chi connectivity index (χ2n) is 4.37. The minimum Gasteiger partial charge on any atom is -0.457 e. The van der Waals surface area contributed by atoms with Crippen LogP contribution in [0.1, 0.15) is 16.7 Å². The standard InChI is InChI=1S/C15H12F3IO/c1-10-2-5-12(6-3-10)20-13-7-4-11(9-19)14(8-13)15(16,17)18/h2-8H,9H2,1H3. The van der Waals surface area contributed by atoms with E-state index in [1.807, 2.05) is 41.6 Å². The van der Waals surface area contributed by atoms with Crippen molar-refractivity contribution in [2.45, 2.75) is 17.5 Å². The van der Waals surface area contributed by atoms with E-state index in [1.165, 1.54) is 6.07 Å². The van der Waals surface area contributed by atoms with E-state index in [1.54, 1.807) is 18.2 Å². The van der Waals surface area contributed by atoms with E-state index in [9.17, 15) is 13.2 Å². The van der Waals surface area contributed by atoms with Crippen LogP contribution in [0.4, 0.5) is 13.2 Å². The van der Waals surface area contributed by atoms with Crippen LogP contribution in [0.25, 0.3) is 0 Å². The van der Waals surface area contributed by atoms with Gasteiger partial charge < -0.3 is 4.74 Å². The van der Waals surface area contributed by atoms with Gasteiger partial charge in [-0.05, 0) is 36.8 Å². The minimum atomic E-state index is -4.37. The predicted octanol–water partition coefficient (Wildman–Crippen LogP) is 5.74. The van der Waals surface area contributed by atoms with Gasteiger partial charge in [0.2, 0.25) is 0 Å². The molecule has 0 atom stereocenters. The number of rotatable bonds is 3. The van der Waals surface area contributed by atoms with Gasteiger partial charge in [-0.1, -0.05) is 46.4 Å². The average molecular weight is 392 g/mol. The second-order valence-corrected chi connectivity index (χ2v) is 5.13. The van der Waals surface area contributed by atoms with E-state index < -0.39 is 11.7 Å². The van der Waals surface area contributed by atoms with Crippen molar-refractivity contribution in [3.05, 3.63) is 59.2 Å². The Balaban J connectivity index is 2.31. The van der Waals surface area contributed by atoms with Gasteiger partial charge in [0.1, 0.15) is 11.5 Å². The number of benzene rings is 2. The van der Waals surface area contributed by atoms with Crippen molar-refractivity contribution in [2.24, 2.45) is 0 Å². The first-order valence-electron chi connectivity index (χ1n) is 5.91. The molecular weight excluding hydrogens is 380 g/mol. The number of hydrogen-bond acceptors (Lipinski definition) is 1. The SMILES string of the molecule is Cc1ccc(Oc2ccc(CI)c(C(F)(F)F)c2)cc1. The summed E-state index contributed by atoms with van der Waals surface area (Å²) in [5.41, 5.74) is 0.680. The Morgan fingerprint density at radius 1 is 1.00 bits per heavy atom. The summed E-state index contributed by atoms with van der Waals surface area (Å²) >= 11 is 1.92. The molecule has 20 heavy (non-hydrogen) atoms. The Labute approximate surface area is 128 Å². The predicted molar refractivity (Wildman–Crippen MR) is 80.4 cm³/mol. The van der Waals surface area contributed by atoms with Crippen LogP contribution in [0.2, 0.25) is 0 Å². The molecule has 106 valence electrons. The van der Waals surface area contributed by atoms with Crippen molar-refractivity contribution in [3.63, 3.8) is 0 Å². The van der Waals surface area contributed by atoms with Crippen LogP contribution in [0.5, 0.6) is 11.5 Å². The first kappa shape index (κ1) is 15.2. The third-order valence-electron chi connectivity index (χ3n) is 2.79. The molecule has 0 saturated heterocycles. The molecule has 0 aliphatic heterocycles. The highest BCUT2D eigenvalue weighted by atomic mass is 127. The van der Waals surface area contributed by atoms with Gasteiger partial charge in [0.15, 0.2) is 0 Å². The molecule has 2 aromatic rings. The molecule has 0 heterocycles. The van der Waals surface area contributed by atoms with Crippen LogP contribution in [-0.4, -0.2) is 0 Å². The Hall–Kier alpha value is -1.24. The van der Waals surface area contributed by atoms with E-state index in [0.29, 0.717) is 10.2 Å². The van der Waals surface area contributed by atoms with E-state index >= 15 is 0 Å². The Bertz CT molecular complexity index is 591. The quantitative estimate of drug-likeness (QED) is 0.478. The van der Waals surface area contributed by atoms with Crippen molar-refractivity contribution < 1.29 is 17.9 Å². The molecule has 2 rings (SSSR count). The molecule has 1 nitrogen and oxygen atoms in total. The third-order valence-corrected chi connectivity index (χ3v) is 3.61. The van der Waals surface area contributed by atoms with Gasteiger partial charge >= 0.3 is 6.18 Å². The van der Waals surface area contributed by atoms with Gasteiger partial charge in [0, 0.05) is 4.43 Å². The second kappa shape index (κ2) is 6.03. The molecule has 0 saturated carbocycles. The zero-order valence-corrected chi connectivity index (χ0v) is 12.8. The lowest BCUT2D eigenvalue weighted by Crippen LogP contribution is -2.08. The molecule has 0 aromatic heterocycles. The fourth-order valence-electron chi connectivity index (χ4n) is 1.74. The van der Waals surface area contributed by atoms with Gasteiger partial charge in [0.05, 0.1) is 5.56 Å². The van der Waals surface area contributed by atoms with Crippen LogP contribution in [0.15, 0.2) is 42.5 Å². The summed E-state index contributed by atoms with van der Waals surface area (Å²) in [5, 5.41) is 0. The molecule has 0 fully saturated rings. The highest BCUT2D eigenvalue weighted by Crippen LogP contribution is 2.36. The monoisotopic (exact) mass is 392 g/mol. The number of alkyl halides is 4. The molecule has 0 unspecified atom stereocenters. The smallest absolute Gasteiger partial charge is 0.416 e. The van der Waals surface area contributed by atoms with Crippen molar-refractivity contribution in [1.29, 1.82) is 0 Å². The van der Waals surface area contributed by atoms with E-state index in [2.05, 4.69) is 0 Å². The van der Waals surface area contributed by atoms with Gasteiger partial charge in [-0.3, -0.25) is 0 Å². The minimum absolute atomic E-state index is 0.190. The lowest BCUT2D eigenvalue weighted by Gasteiger charge is -2.13. The largest absolute Gasteiger partial charge is 0.457 e. The third kappa shape index (κ3) is 3.65. The molecule has 0 radical (unpaired) electrons. The van der Waals surface area contributed by atoms with Gasteiger partial charge in [-0.15, -0.1) is 0 Å². The van der Waals surface area contributed by atoms with E-state index in [4.69, 9.17) is 4.74 Å². The Kier molecular flexibility index (Phi) is 4.57. The molecule has 0 aliphatic carbocycles. The molecule has 2 aromatic carbocycles. The summed E-state index contributed by atoms with van der Waals surface area (Å²) in [6, 6.07) is 11.2. The summed E-state index contributed by atoms with van der Waals surface area (Å²) in [5.74, 6) is 0.709. The van der Waals surface area contributed by atoms with Crippen LogP contribution in [0.3, 0.4) is 0 Å². The van der Waals surface area contributed by atoms with Gasteiger partial charge in [-0.25, -0.2) is 0 Å². The number of ether oxygens (including phenoxy) is 1. The number of halogens is 4. The highest BCUT2D eigenvalue weighted by molar-refractivity contribution is 14.1. The topological polar surface area (TPSA) is 9.23 Å². The first-order chi connectivity index (χ1) is 9.40. The van der Waals surface area contributed by atoms with Crippen molar-refractivity contribution in [1.82, 2.24) is 0 Å². The number of aryl methyl sites for hydroxylation is 1. The molecule has 0 aliphatic rings. The lowest BCUT2D eigenvalue weighted by atomic mass is 10.1. The van der Waals surface area contributed by atoms with E-state index in [0.717, 1.165) is 11.6 Å². The first-order valence-corrected chi connectivity index (χ1v) is 7.43. The van der Waals surface area contributed by atoms with Crippen molar-refractivity contribution in [2.75, 3.05) is 0 Å². The molecule has 0 amide bonds. The van der Waals surface area contributed by atoms with Crippen molar-refractivity contribution in [3.8, 4) is 11.5 Å². The van der Waals surface area contributed by atoms with Crippen LogP contribution >= 0.6 is 22.6 Å². The van der Waals surface area contributed by atoms with Crippen LogP contribution in [0, 0.1) is 6.92 Å². The molecule has 0 bridgehead atoms. The molecule has 5 heteroatoms. The summed E-state index contributed by atoms with van der Waals surface area (Å²) in [7, 11) is 0. The fraction of sp³-hybridized carbons (Fsp3) is 0.200. The maximum absolute atomic E-state index is 12.9. The average Bonchev–Trinajstić information content (AvgIpc) is 2.40. The lowest BCUT2D eigenvalue weighted by molar-refractivity contribution is -0.138. The van der Waals surface area contributed by atoms with Crippen LogP contribution < -0.4 is 4.74 Å². The zero-order valence-electron chi connectivity index (χ0n) is 10.7. The molecule has 0 spiro atoms. The van der Waals surface area contributed by atoms with Crippen LogP contribution in [-0.2, 0) is 10.6 Å². The fourth-order valence-corrected chi connectivity index (χ4v) is 2.41. The van der Waals surface area contributed by atoms with Gasteiger partial charge in [0.25, 0.3) is 0 Å². The number of hydrogen-bond donors (Lipinski definition) is 0. The summed E-state index contributed by atoms with van der Waals surface area (Å²) in [6.07, 6.45) is -4.37. The maximum atomic E-state index is 12.9. The highest BCUT2D eigenvalue weighted by Gasteiger charge is 2.33. The summed E-state index contributed by atoms with van der Waals surface area (Å²) < 4.78 is 44.6. The van der Waals surface area contributed by atoms with Gasteiger partial charge in [-0.2, -0.15) is 13.2 Å². The maximum Gasteiger partial charge on any atom is 0.416 e. The Morgan fingerprint density at radius 3 is 2.15 bits per heavy atom. The summed E-state index contributed by atoms with van der Waals surface area (Å²) in [6.45, 7) is 1.93. The summed E-state index contributed by atoms with van der Waals surface area (Å²) in [4.78, 5) is 0. The normalized spacial score (nSPS) is 11.4. The van der Waals surface area contributed by atoms with Crippen molar-refractivity contribution >= 4 is 22.6 Å². The molecule has 0 N–H and O–H groups in total. The zero-order chi connectivity index (χ0) is 14.8. The Morgan fingerprint density at radius 2 is 1.60 bits per heavy atom. The molecular formula is C15H12F3IO. The van der Waals surface area contributed by atoms with E-state index in [-0.39, 0.29) is 11.3 Å².